The fourth-order valence-electron chi connectivity index (χ4n) is 3.97. The molecule has 0 bridgehead atoms. The van der Waals surface area contributed by atoms with Gasteiger partial charge in [-0.2, -0.15) is 0 Å². The van der Waals surface area contributed by atoms with E-state index >= 15 is 0 Å². The molecule has 0 amide bonds. The SMILES string of the molecule is CCCCCCCCCCCC[N+](C)(C)C1CCCCC1.[OH-]. The van der Waals surface area contributed by atoms with Crippen molar-refractivity contribution in [3.05, 3.63) is 0 Å². The second-order valence-corrected chi connectivity index (χ2v) is 7.98. The average Bonchev–Trinajstić information content (AvgIpc) is 2.50. The third-order valence-corrected chi connectivity index (χ3v) is 5.65. The summed E-state index contributed by atoms with van der Waals surface area (Å²) in [5.74, 6) is 0. The minimum absolute atomic E-state index is 0. The Morgan fingerprint density at radius 3 is 1.64 bits per heavy atom. The first-order chi connectivity index (χ1) is 10.2. The molecule has 1 aliphatic carbocycles. The minimum atomic E-state index is 0. The molecule has 0 heterocycles. The van der Waals surface area contributed by atoms with E-state index in [1.54, 1.807) is 0 Å². The molecule has 0 aliphatic heterocycles. The zero-order valence-corrected chi connectivity index (χ0v) is 15.8. The summed E-state index contributed by atoms with van der Waals surface area (Å²) in [5.41, 5.74) is 0. The van der Waals surface area contributed by atoms with Gasteiger partial charge in [-0.15, -0.1) is 0 Å². The van der Waals surface area contributed by atoms with Gasteiger partial charge in [-0.1, -0.05) is 64.7 Å². The highest BCUT2D eigenvalue weighted by molar-refractivity contribution is 4.65. The maximum absolute atomic E-state index is 2.48. The van der Waals surface area contributed by atoms with Crippen LogP contribution in [-0.4, -0.2) is 36.6 Å². The lowest BCUT2D eigenvalue weighted by Gasteiger charge is -2.40. The van der Waals surface area contributed by atoms with E-state index in [-0.39, 0.29) is 5.48 Å². The molecule has 0 aromatic heterocycles. The summed E-state index contributed by atoms with van der Waals surface area (Å²) in [6.07, 6.45) is 21.9. The lowest BCUT2D eigenvalue weighted by molar-refractivity contribution is -0.916. The van der Waals surface area contributed by atoms with E-state index in [1.807, 2.05) is 0 Å². The normalized spacial score (nSPS) is 16.5. The highest BCUT2D eigenvalue weighted by Gasteiger charge is 2.28. The first-order valence-electron chi connectivity index (χ1n) is 9.99. The monoisotopic (exact) mass is 313 g/mol. The topological polar surface area (TPSA) is 30.0 Å². The van der Waals surface area contributed by atoms with Crippen LogP contribution in [-0.2, 0) is 0 Å². The van der Waals surface area contributed by atoms with Crippen LogP contribution in [0.3, 0.4) is 0 Å². The lowest BCUT2D eigenvalue weighted by atomic mass is 9.93. The second-order valence-electron chi connectivity index (χ2n) is 7.98. The van der Waals surface area contributed by atoms with E-state index < -0.39 is 0 Å². The molecule has 0 aromatic carbocycles. The maximum atomic E-state index is 2.48. The predicted molar refractivity (Wildman–Crippen MR) is 97.6 cm³/mol. The van der Waals surface area contributed by atoms with Gasteiger partial charge < -0.3 is 9.96 Å². The summed E-state index contributed by atoms with van der Waals surface area (Å²) in [6, 6.07) is 0.956. The lowest BCUT2D eigenvalue weighted by Crippen LogP contribution is -2.50. The number of rotatable bonds is 12. The Labute approximate surface area is 140 Å². The van der Waals surface area contributed by atoms with E-state index in [1.165, 1.54) is 107 Å². The third kappa shape index (κ3) is 9.84. The summed E-state index contributed by atoms with van der Waals surface area (Å²) in [5, 5.41) is 0. The molecular weight excluding hydrogens is 270 g/mol. The van der Waals surface area contributed by atoms with Crippen LogP contribution in [0.4, 0.5) is 0 Å². The van der Waals surface area contributed by atoms with Gasteiger partial charge in [0, 0.05) is 0 Å². The number of nitrogens with zero attached hydrogens (tertiary/aromatic N) is 1. The van der Waals surface area contributed by atoms with E-state index in [0.717, 1.165) is 6.04 Å². The molecule has 0 spiro atoms. The van der Waals surface area contributed by atoms with E-state index in [0.29, 0.717) is 0 Å². The Balaban J connectivity index is 0.00000441. The highest BCUT2D eigenvalue weighted by atomic mass is 16.0. The molecule has 1 fully saturated rings. The number of hydrogen-bond acceptors (Lipinski definition) is 1. The van der Waals surface area contributed by atoms with E-state index in [2.05, 4.69) is 21.0 Å². The molecule has 134 valence electrons. The summed E-state index contributed by atoms with van der Waals surface area (Å²) in [4.78, 5) is 0. The Bertz CT molecular complexity index is 234. The van der Waals surface area contributed by atoms with Crippen molar-refractivity contribution in [2.75, 3.05) is 20.6 Å². The molecule has 1 saturated carbocycles. The van der Waals surface area contributed by atoms with Crippen molar-refractivity contribution in [3.8, 4) is 0 Å². The fraction of sp³-hybridized carbons (Fsp3) is 1.00. The van der Waals surface area contributed by atoms with E-state index in [4.69, 9.17) is 0 Å². The largest absolute Gasteiger partial charge is 0.870 e. The fourth-order valence-corrected chi connectivity index (χ4v) is 3.97. The molecule has 1 N–H and O–H groups in total. The van der Waals surface area contributed by atoms with Crippen molar-refractivity contribution < 1.29 is 9.96 Å². The number of unbranched alkanes of at least 4 members (excludes halogenated alkanes) is 9. The van der Waals surface area contributed by atoms with Gasteiger partial charge >= 0.3 is 0 Å². The maximum Gasteiger partial charge on any atom is 0.0886 e. The molecule has 22 heavy (non-hydrogen) atoms. The minimum Gasteiger partial charge on any atom is -0.870 e. The standard InChI is InChI=1S/C20H42N.H2O/c1-4-5-6-7-8-9-10-11-12-16-19-21(2,3)20-17-14-13-15-18-20;/h20H,4-19H2,1-3H3;1H2/q+1;/p-1. The molecule has 0 saturated heterocycles. The van der Waals surface area contributed by atoms with Crippen LogP contribution in [0.2, 0.25) is 0 Å². The first-order valence-corrected chi connectivity index (χ1v) is 9.99. The van der Waals surface area contributed by atoms with Gasteiger partial charge in [0.1, 0.15) is 0 Å². The van der Waals surface area contributed by atoms with Crippen molar-refractivity contribution in [1.82, 2.24) is 0 Å². The van der Waals surface area contributed by atoms with Crippen molar-refractivity contribution >= 4 is 0 Å². The molecule has 1 rings (SSSR count). The number of hydrogen-bond donors (Lipinski definition) is 0. The van der Waals surface area contributed by atoms with Crippen molar-refractivity contribution in [1.29, 1.82) is 0 Å². The van der Waals surface area contributed by atoms with Gasteiger partial charge in [0.2, 0.25) is 0 Å². The smallest absolute Gasteiger partial charge is 0.0886 e. The highest BCUT2D eigenvalue weighted by Crippen LogP contribution is 2.26. The van der Waals surface area contributed by atoms with Crippen LogP contribution >= 0.6 is 0 Å². The molecule has 0 radical (unpaired) electrons. The number of quaternary nitrogens is 1. The second kappa shape index (κ2) is 13.4. The molecule has 2 nitrogen and oxygen atoms in total. The van der Waals surface area contributed by atoms with Crippen molar-refractivity contribution in [2.24, 2.45) is 0 Å². The van der Waals surface area contributed by atoms with Gasteiger partial charge in [0.25, 0.3) is 0 Å². The zero-order valence-electron chi connectivity index (χ0n) is 15.8. The van der Waals surface area contributed by atoms with Crippen LogP contribution < -0.4 is 0 Å². The van der Waals surface area contributed by atoms with Gasteiger partial charge in [-0.25, -0.2) is 0 Å². The zero-order chi connectivity index (χ0) is 15.4. The van der Waals surface area contributed by atoms with Crippen LogP contribution in [0, 0.1) is 0 Å². The van der Waals surface area contributed by atoms with E-state index in [9.17, 15) is 0 Å². The predicted octanol–water partition coefficient (Wildman–Crippen LogP) is 6.14. The summed E-state index contributed by atoms with van der Waals surface area (Å²) < 4.78 is 1.29. The van der Waals surface area contributed by atoms with Gasteiger partial charge in [-0.3, -0.25) is 0 Å². The summed E-state index contributed by atoms with van der Waals surface area (Å²) in [7, 11) is 4.95. The third-order valence-electron chi connectivity index (χ3n) is 5.65. The van der Waals surface area contributed by atoms with Crippen LogP contribution in [0.25, 0.3) is 0 Å². The molecule has 1 aliphatic rings. The van der Waals surface area contributed by atoms with Crippen molar-refractivity contribution in [2.45, 2.75) is 109 Å². The van der Waals surface area contributed by atoms with Crippen LogP contribution in [0.15, 0.2) is 0 Å². The molecule has 0 unspecified atom stereocenters. The van der Waals surface area contributed by atoms with Gasteiger partial charge in [0.15, 0.2) is 0 Å². The van der Waals surface area contributed by atoms with Gasteiger partial charge in [0.05, 0.1) is 26.7 Å². The molecule has 0 aromatic rings. The van der Waals surface area contributed by atoms with Crippen LogP contribution in [0.1, 0.15) is 103 Å². The van der Waals surface area contributed by atoms with Gasteiger partial charge in [-0.05, 0) is 38.5 Å². The van der Waals surface area contributed by atoms with Crippen LogP contribution in [0.5, 0.6) is 0 Å². The summed E-state index contributed by atoms with van der Waals surface area (Å²) in [6.45, 7) is 3.70. The average molecular weight is 314 g/mol. The Morgan fingerprint density at radius 2 is 1.14 bits per heavy atom. The molecule has 2 heteroatoms. The van der Waals surface area contributed by atoms with Crippen molar-refractivity contribution in [3.63, 3.8) is 0 Å². The Morgan fingerprint density at radius 1 is 0.682 bits per heavy atom. The Kier molecular flexibility index (Phi) is 13.3. The summed E-state index contributed by atoms with van der Waals surface area (Å²) >= 11 is 0. The quantitative estimate of drug-likeness (QED) is 0.314. The first kappa shape index (κ1) is 21.9. The molecule has 0 atom stereocenters. The Hall–Kier alpha value is -0.0800. The molecular formula is C20H43NO.